The van der Waals surface area contributed by atoms with Crippen molar-refractivity contribution in [3.63, 3.8) is 0 Å². The third kappa shape index (κ3) is 3.60. The van der Waals surface area contributed by atoms with E-state index in [-0.39, 0.29) is 29.4 Å². The summed E-state index contributed by atoms with van der Waals surface area (Å²) < 4.78 is 23.0. The van der Waals surface area contributed by atoms with Crippen LogP contribution in [0.25, 0.3) is 0 Å². The molecule has 0 aliphatic carbocycles. The molecule has 2 aliphatic heterocycles. The second-order valence-electron chi connectivity index (χ2n) is 6.99. The second-order valence-corrected chi connectivity index (χ2v) is 9.21. The zero-order valence-electron chi connectivity index (χ0n) is 14.7. The first-order valence-electron chi connectivity index (χ1n) is 8.94. The van der Waals surface area contributed by atoms with E-state index >= 15 is 0 Å². The normalized spacial score (nSPS) is 20.3. The summed E-state index contributed by atoms with van der Waals surface area (Å²) in [7, 11) is -3.04. The highest BCUT2D eigenvalue weighted by molar-refractivity contribution is 7.91. The van der Waals surface area contributed by atoms with Crippen LogP contribution in [0.1, 0.15) is 32.7 Å². The van der Waals surface area contributed by atoms with Gasteiger partial charge in [0.1, 0.15) is 0 Å². The molecule has 2 aromatic carbocycles. The lowest BCUT2D eigenvalue weighted by Gasteiger charge is -2.17. The van der Waals surface area contributed by atoms with Crippen LogP contribution < -0.4 is 10.2 Å². The molecule has 6 nitrogen and oxygen atoms in total. The Morgan fingerprint density at radius 1 is 1.00 bits per heavy atom. The Hall–Kier alpha value is -2.67. The van der Waals surface area contributed by atoms with E-state index < -0.39 is 9.84 Å². The Morgan fingerprint density at radius 2 is 1.70 bits per heavy atom. The van der Waals surface area contributed by atoms with Gasteiger partial charge in [-0.15, -0.1) is 0 Å². The number of nitrogens with one attached hydrogen (secondary N) is 1. The predicted molar refractivity (Wildman–Crippen MR) is 103 cm³/mol. The quantitative estimate of drug-likeness (QED) is 0.875. The third-order valence-corrected chi connectivity index (χ3v) is 6.86. The van der Waals surface area contributed by atoms with Gasteiger partial charge < -0.3 is 10.2 Å². The van der Waals surface area contributed by atoms with Gasteiger partial charge in [-0.2, -0.15) is 0 Å². The first kappa shape index (κ1) is 17.7. The number of hydrogen-bond donors (Lipinski definition) is 1. The molecule has 140 valence electrons. The van der Waals surface area contributed by atoms with Crippen LogP contribution in [0, 0.1) is 0 Å². The summed E-state index contributed by atoms with van der Waals surface area (Å²) in [5.41, 5.74) is 3.03. The van der Waals surface area contributed by atoms with Gasteiger partial charge in [-0.25, -0.2) is 8.42 Å². The molecule has 2 aliphatic rings. The van der Waals surface area contributed by atoms with Gasteiger partial charge in [0, 0.05) is 29.4 Å². The maximum atomic E-state index is 12.8. The Labute approximate surface area is 158 Å². The van der Waals surface area contributed by atoms with Crippen molar-refractivity contribution < 1.29 is 18.0 Å². The number of rotatable bonds is 3. The van der Waals surface area contributed by atoms with E-state index in [1.165, 1.54) is 0 Å². The SMILES string of the molecule is O=C(NC1CCS(=O)(=O)C1)c1ccc(C(=O)N2CCc3ccccc32)cc1. The molecule has 2 aromatic rings. The van der Waals surface area contributed by atoms with Gasteiger partial charge in [0.15, 0.2) is 9.84 Å². The van der Waals surface area contributed by atoms with Crippen molar-refractivity contribution in [3.8, 4) is 0 Å². The number of carbonyl (C=O) groups excluding carboxylic acids is 2. The molecule has 4 rings (SSSR count). The molecule has 1 atom stereocenters. The van der Waals surface area contributed by atoms with E-state index in [9.17, 15) is 18.0 Å². The average Bonchev–Trinajstić information content (AvgIpc) is 3.24. The minimum absolute atomic E-state index is 0.0102. The van der Waals surface area contributed by atoms with Crippen molar-refractivity contribution in [1.29, 1.82) is 0 Å². The first-order chi connectivity index (χ1) is 12.9. The topological polar surface area (TPSA) is 83.5 Å². The number of amides is 2. The fourth-order valence-electron chi connectivity index (χ4n) is 3.65. The lowest BCUT2D eigenvalue weighted by Crippen LogP contribution is -2.35. The molecule has 2 heterocycles. The minimum atomic E-state index is -3.04. The Bertz CT molecular complexity index is 999. The summed E-state index contributed by atoms with van der Waals surface area (Å²) >= 11 is 0. The van der Waals surface area contributed by atoms with Gasteiger partial charge in [0.05, 0.1) is 11.5 Å². The van der Waals surface area contributed by atoms with E-state index in [4.69, 9.17) is 0 Å². The second kappa shape index (κ2) is 6.81. The molecule has 1 saturated heterocycles. The highest BCUT2D eigenvalue weighted by atomic mass is 32.2. The fraction of sp³-hybridized carbons (Fsp3) is 0.300. The number of para-hydroxylation sites is 1. The molecular weight excluding hydrogens is 364 g/mol. The van der Waals surface area contributed by atoms with E-state index in [1.807, 2.05) is 24.3 Å². The van der Waals surface area contributed by atoms with Crippen LogP contribution in [0.4, 0.5) is 5.69 Å². The molecular formula is C20H20N2O4S. The highest BCUT2D eigenvalue weighted by Gasteiger charge is 2.29. The van der Waals surface area contributed by atoms with Crippen LogP contribution in [-0.2, 0) is 16.3 Å². The predicted octanol–water partition coefficient (Wildman–Crippen LogP) is 1.81. The van der Waals surface area contributed by atoms with Gasteiger partial charge in [-0.1, -0.05) is 18.2 Å². The smallest absolute Gasteiger partial charge is 0.258 e. The average molecular weight is 384 g/mol. The van der Waals surface area contributed by atoms with Gasteiger partial charge in [-0.3, -0.25) is 9.59 Å². The number of nitrogens with zero attached hydrogens (tertiary/aromatic N) is 1. The highest BCUT2D eigenvalue weighted by Crippen LogP contribution is 2.28. The Balaban J connectivity index is 1.45. The molecule has 27 heavy (non-hydrogen) atoms. The van der Waals surface area contributed by atoms with Gasteiger partial charge >= 0.3 is 0 Å². The number of benzene rings is 2. The Morgan fingerprint density at radius 3 is 2.41 bits per heavy atom. The summed E-state index contributed by atoms with van der Waals surface area (Å²) in [4.78, 5) is 26.9. The van der Waals surface area contributed by atoms with Crippen molar-refractivity contribution in [3.05, 3.63) is 65.2 Å². The molecule has 1 unspecified atom stereocenters. The molecule has 0 saturated carbocycles. The standard InChI is InChI=1S/C20H20N2O4S/c23-19(21-17-10-12-27(25,26)13-17)15-5-7-16(8-6-15)20(24)22-11-9-14-3-1-2-4-18(14)22/h1-8,17H,9-13H2,(H,21,23). The third-order valence-electron chi connectivity index (χ3n) is 5.09. The first-order valence-corrected chi connectivity index (χ1v) is 10.8. The molecule has 0 bridgehead atoms. The van der Waals surface area contributed by atoms with Gasteiger partial charge in [0.25, 0.3) is 11.8 Å². The number of fused-ring (bicyclic) bond motifs is 1. The molecule has 1 fully saturated rings. The maximum absolute atomic E-state index is 12.8. The van der Waals surface area contributed by atoms with Crippen LogP contribution in [0.5, 0.6) is 0 Å². The molecule has 0 radical (unpaired) electrons. The fourth-order valence-corrected chi connectivity index (χ4v) is 5.32. The molecule has 7 heteroatoms. The molecule has 1 N–H and O–H groups in total. The van der Waals surface area contributed by atoms with Crippen molar-refractivity contribution in [2.24, 2.45) is 0 Å². The zero-order chi connectivity index (χ0) is 19.0. The summed E-state index contributed by atoms with van der Waals surface area (Å²) in [6.07, 6.45) is 1.28. The van der Waals surface area contributed by atoms with Crippen molar-refractivity contribution >= 4 is 27.3 Å². The molecule has 2 amide bonds. The van der Waals surface area contributed by atoms with Crippen LogP contribution in [0.15, 0.2) is 48.5 Å². The van der Waals surface area contributed by atoms with E-state index in [0.717, 1.165) is 17.7 Å². The van der Waals surface area contributed by atoms with Crippen LogP contribution in [-0.4, -0.2) is 44.3 Å². The van der Waals surface area contributed by atoms with E-state index in [2.05, 4.69) is 5.32 Å². The summed E-state index contributed by atoms with van der Waals surface area (Å²) in [6, 6.07) is 14.0. The molecule has 0 aromatic heterocycles. The van der Waals surface area contributed by atoms with Crippen LogP contribution in [0.2, 0.25) is 0 Å². The number of anilines is 1. The monoisotopic (exact) mass is 384 g/mol. The number of sulfone groups is 1. The summed E-state index contributed by atoms with van der Waals surface area (Å²) in [5, 5.41) is 2.75. The Kier molecular flexibility index (Phi) is 4.47. The van der Waals surface area contributed by atoms with E-state index in [1.54, 1.807) is 29.2 Å². The van der Waals surface area contributed by atoms with Gasteiger partial charge in [0.2, 0.25) is 0 Å². The van der Waals surface area contributed by atoms with Crippen LogP contribution in [0.3, 0.4) is 0 Å². The summed E-state index contributed by atoms with van der Waals surface area (Å²) in [6.45, 7) is 0.649. The maximum Gasteiger partial charge on any atom is 0.258 e. The molecule has 0 spiro atoms. The lowest BCUT2D eigenvalue weighted by atomic mass is 10.1. The van der Waals surface area contributed by atoms with E-state index in [0.29, 0.717) is 24.1 Å². The van der Waals surface area contributed by atoms with Crippen LogP contribution >= 0.6 is 0 Å². The zero-order valence-corrected chi connectivity index (χ0v) is 15.5. The van der Waals surface area contributed by atoms with Gasteiger partial charge in [-0.05, 0) is 48.7 Å². The number of hydrogen-bond acceptors (Lipinski definition) is 4. The minimum Gasteiger partial charge on any atom is -0.348 e. The van der Waals surface area contributed by atoms with Crippen molar-refractivity contribution in [1.82, 2.24) is 5.32 Å². The largest absolute Gasteiger partial charge is 0.348 e. The number of carbonyl (C=O) groups is 2. The summed E-state index contributed by atoms with van der Waals surface area (Å²) in [5.74, 6) is -0.303. The lowest BCUT2D eigenvalue weighted by molar-refractivity contribution is 0.0938. The van der Waals surface area contributed by atoms with Crippen molar-refractivity contribution in [2.75, 3.05) is 23.0 Å². The van der Waals surface area contributed by atoms with Crippen molar-refractivity contribution in [2.45, 2.75) is 18.9 Å².